The summed E-state index contributed by atoms with van der Waals surface area (Å²) in [6, 6.07) is 3.92. The molecule has 0 saturated heterocycles. The van der Waals surface area contributed by atoms with E-state index in [9.17, 15) is 0 Å². The summed E-state index contributed by atoms with van der Waals surface area (Å²) in [5.74, 6) is 0. The van der Waals surface area contributed by atoms with Gasteiger partial charge in [-0.1, -0.05) is 13.8 Å². The molecule has 0 fully saturated rings. The van der Waals surface area contributed by atoms with Crippen molar-refractivity contribution in [2.75, 3.05) is 37.2 Å². The van der Waals surface area contributed by atoms with Crippen LogP contribution in [0.2, 0.25) is 0 Å². The Kier molecular flexibility index (Phi) is 5.81. The lowest BCUT2D eigenvalue weighted by molar-refractivity contribution is 0.300. The van der Waals surface area contributed by atoms with E-state index >= 15 is 0 Å². The number of hydrogen-bond acceptors (Lipinski definition) is 5. The molecule has 0 radical (unpaired) electrons. The molecule has 0 atom stereocenters. The van der Waals surface area contributed by atoms with Gasteiger partial charge in [0, 0.05) is 13.1 Å². The van der Waals surface area contributed by atoms with Crippen LogP contribution in [0.3, 0.4) is 0 Å². The molecular formula is C12H20N4S. The molecule has 5 heteroatoms. The molecule has 0 saturated carbocycles. The van der Waals surface area contributed by atoms with Gasteiger partial charge >= 0.3 is 0 Å². The lowest BCUT2D eigenvalue weighted by Gasteiger charge is -2.19. The number of hydrogen-bond donors (Lipinski definition) is 2. The fraction of sp³-hybridized carbons (Fsp3) is 0.583. The van der Waals surface area contributed by atoms with Crippen molar-refractivity contribution >= 4 is 22.0 Å². The van der Waals surface area contributed by atoms with Gasteiger partial charge in [-0.3, -0.25) is 0 Å². The summed E-state index contributed by atoms with van der Waals surface area (Å²) in [7, 11) is 0. The second kappa shape index (κ2) is 7.15. The van der Waals surface area contributed by atoms with Crippen LogP contribution in [0.5, 0.6) is 0 Å². The Bertz CT molecular complexity index is 380. The van der Waals surface area contributed by atoms with Gasteiger partial charge in [0.25, 0.3) is 0 Å². The van der Waals surface area contributed by atoms with E-state index in [-0.39, 0.29) is 0 Å². The van der Waals surface area contributed by atoms with Crippen molar-refractivity contribution in [3.05, 3.63) is 10.9 Å². The monoisotopic (exact) mass is 252 g/mol. The molecule has 1 heterocycles. The van der Waals surface area contributed by atoms with Gasteiger partial charge in [-0.25, -0.2) is 0 Å². The number of nitrogen functional groups attached to an aromatic ring is 1. The maximum Gasteiger partial charge on any atom is 0.129 e. The lowest BCUT2D eigenvalue weighted by atomic mass is 10.4. The zero-order valence-corrected chi connectivity index (χ0v) is 11.3. The first kappa shape index (κ1) is 13.8. The Morgan fingerprint density at radius 3 is 2.76 bits per heavy atom. The van der Waals surface area contributed by atoms with E-state index in [1.807, 2.05) is 6.07 Å². The van der Waals surface area contributed by atoms with Gasteiger partial charge in [0.05, 0.1) is 10.7 Å². The summed E-state index contributed by atoms with van der Waals surface area (Å²) in [5.41, 5.74) is 6.27. The van der Waals surface area contributed by atoms with Crippen LogP contribution in [0.1, 0.15) is 25.1 Å². The average molecular weight is 252 g/mol. The van der Waals surface area contributed by atoms with E-state index in [1.165, 1.54) is 17.8 Å². The molecule has 0 aliphatic carbocycles. The molecule has 0 amide bonds. The van der Waals surface area contributed by atoms with E-state index in [2.05, 4.69) is 30.1 Å². The zero-order chi connectivity index (χ0) is 12.7. The van der Waals surface area contributed by atoms with E-state index in [4.69, 9.17) is 11.0 Å². The normalized spacial score (nSPS) is 10.5. The third-order valence-corrected chi connectivity index (χ3v) is 3.59. The third kappa shape index (κ3) is 4.25. The minimum Gasteiger partial charge on any atom is -0.397 e. The van der Waals surface area contributed by atoms with Crippen molar-refractivity contribution in [1.82, 2.24) is 4.90 Å². The Hall–Kier alpha value is -1.25. The molecule has 3 N–H and O–H groups in total. The summed E-state index contributed by atoms with van der Waals surface area (Å²) < 4.78 is 0. The fourth-order valence-electron chi connectivity index (χ4n) is 1.66. The molecule has 94 valence electrons. The summed E-state index contributed by atoms with van der Waals surface area (Å²) in [6.45, 7) is 8.48. The van der Waals surface area contributed by atoms with Gasteiger partial charge in [0.1, 0.15) is 10.9 Å². The number of nitriles is 1. The quantitative estimate of drug-likeness (QED) is 0.782. The molecule has 0 aliphatic heterocycles. The largest absolute Gasteiger partial charge is 0.397 e. The highest BCUT2D eigenvalue weighted by Gasteiger charge is 2.05. The Morgan fingerprint density at radius 2 is 2.24 bits per heavy atom. The smallest absolute Gasteiger partial charge is 0.129 e. The lowest BCUT2D eigenvalue weighted by Crippen LogP contribution is -2.29. The highest BCUT2D eigenvalue weighted by atomic mass is 32.1. The van der Waals surface area contributed by atoms with E-state index in [1.54, 1.807) is 0 Å². The average Bonchev–Trinajstić information content (AvgIpc) is 2.68. The number of rotatable bonds is 7. The van der Waals surface area contributed by atoms with E-state index < -0.39 is 0 Å². The number of anilines is 2. The van der Waals surface area contributed by atoms with Crippen LogP contribution in [0.25, 0.3) is 0 Å². The molecule has 0 unspecified atom stereocenters. The van der Waals surface area contributed by atoms with Crippen LogP contribution in [-0.2, 0) is 0 Å². The van der Waals surface area contributed by atoms with E-state index in [0.29, 0.717) is 10.6 Å². The second-order valence-electron chi connectivity index (χ2n) is 3.87. The molecule has 1 aromatic rings. The fourth-order valence-corrected chi connectivity index (χ4v) is 2.46. The van der Waals surface area contributed by atoms with Crippen molar-refractivity contribution < 1.29 is 0 Å². The predicted octanol–water partition coefficient (Wildman–Crippen LogP) is 2.35. The molecule has 0 bridgehead atoms. The maximum atomic E-state index is 8.80. The number of nitrogens with zero attached hydrogens (tertiary/aromatic N) is 2. The minimum atomic E-state index is 0.570. The Labute approximate surface area is 107 Å². The minimum absolute atomic E-state index is 0.570. The maximum absolute atomic E-state index is 8.80. The van der Waals surface area contributed by atoms with Gasteiger partial charge in [0.15, 0.2) is 0 Å². The third-order valence-electron chi connectivity index (χ3n) is 2.58. The Balaban J connectivity index is 2.37. The van der Waals surface area contributed by atoms with Gasteiger partial charge in [-0.15, -0.1) is 11.3 Å². The molecule has 0 aromatic carbocycles. The van der Waals surface area contributed by atoms with Gasteiger partial charge in [-0.05, 0) is 25.6 Å². The number of nitrogens with one attached hydrogen (secondary N) is 1. The molecule has 17 heavy (non-hydrogen) atoms. The van der Waals surface area contributed by atoms with Crippen molar-refractivity contribution in [3.8, 4) is 6.07 Å². The van der Waals surface area contributed by atoms with Gasteiger partial charge in [0.2, 0.25) is 0 Å². The number of nitrogens with two attached hydrogens (primary N) is 1. The highest BCUT2D eigenvalue weighted by Crippen LogP contribution is 2.27. The molecule has 1 aromatic heterocycles. The summed E-state index contributed by atoms with van der Waals surface area (Å²) >= 11 is 1.42. The van der Waals surface area contributed by atoms with Crippen LogP contribution in [0.15, 0.2) is 6.07 Å². The van der Waals surface area contributed by atoms with Crippen molar-refractivity contribution in [1.29, 1.82) is 5.26 Å². The van der Waals surface area contributed by atoms with Crippen LogP contribution in [0.4, 0.5) is 10.7 Å². The number of likely N-dealkylation sites (N-methyl/N-ethyl adjacent to an activating group) is 1. The summed E-state index contributed by atoms with van der Waals surface area (Å²) in [5, 5.41) is 13.1. The van der Waals surface area contributed by atoms with Crippen molar-refractivity contribution in [2.24, 2.45) is 0 Å². The molecule has 4 nitrogen and oxygen atoms in total. The van der Waals surface area contributed by atoms with Crippen molar-refractivity contribution in [3.63, 3.8) is 0 Å². The molecule has 0 spiro atoms. The SMILES string of the molecule is CCCN(CC)CCNc1cc(N)c(C#N)s1. The van der Waals surface area contributed by atoms with E-state index in [0.717, 1.165) is 31.2 Å². The topological polar surface area (TPSA) is 65.1 Å². The highest BCUT2D eigenvalue weighted by molar-refractivity contribution is 7.17. The zero-order valence-electron chi connectivity index (χ0n) is 10.5. The summed E-state index contributed by atoms with van der Waals surface area (Å²) in [6.07, 6.45) is 1.18. The first-order valence-electron chi connectivity index (χ1n) is 5.96. The summed E-state index contributed by atoms with van der Waals surface area (Å²) in [4.78, 5) is 2.99. The van der Waals surface area contributed by atoms with Crippen LogP contribution in [-0.4, -0.2) is 31.1 Å². The van der Waals surface area contributed by atoms with Crippen molar-refractivity contribution in [2.45, 2.75) is 20.3 Å². The van der Waals surface area contributed by atoms with Crippen LogP contribution in [0, 0.1) is 11.3 Å². The first-order chi connectivity index (χ1) is 8.21. The number of thiophene rings is 1. The van der Waals surface area contributed by atoms with Crippen LogP contribution >= 0.6 is 11.3 Å². The van der Waals surface area contributed by atoms with Gasteiger partial charge < -0.3 is 16.0 Å². The first-order valence-corrected chi connectivity index (χ1v) is 6.78. The molecule has 0 aliphatic rings. The van der Waals surface area contributed by atoms with Crippen LogP contribution < -0.4 is 11.1 Å². The standard InChI is InChI=1S/C12H20N4S/c1-3-6-16(4-2)7-5-15-12-8-10(14)11(9-13)17-12/h8,15H,3-7,14H2,1-2H3. The van der Waals surface area contributed by atoms with Gasteiger partial charge in [-0.2, -0.15) is 5.26 Å². The second-order valence-corrected chi connectivity index (χ2v) is 4.92. The molecular weight excluding hydrogens is 232 g/mol. The molecule has 1 rings (SSSR count). The predicted molar refractivity (Wildman–Crippen MR) is 74.3 cm³/mol. The Morgan fingerprint density at radius 1 is 1.47 bits per heavy atom.